The zero-order valence-corrected chi connectivity index (χ0v) is 13.8. The zero-order valence-electron chi connectivity index (χ0n) is 13.8. The summed E-state index contributed by atoms with van der Waals surface area (Å²) in [6.07, 6.45) is 0.195. The van der Waals surface area contributed by atoms with Gasteiger partial charge in [0.25, 0.3) is 5.91 Å². The number of amides is 1. The first kappa shape index (κ1) is 17.5. The molecule has 4 nitrogen and oxygen atoms in total. The van der Waals surface area contributed by atoms with Crippen molar-refractivity contribution in [2.45, 2.75) is 52.2 Å². The van der Waals surface area contributed by atoms with E-state index in [1.165, 1.54) is 0 Å². The topological polar surface area (TPSA) is 50.4 Å². The van der Waals surface area contributed by atoms with Gasteiger partial charge in [-0.25, -0.2) is 0 Å². The van der Waals surface area contributed by atoms with Crippen LogP contribution in [0.3, 0.4) is 0 Å². The summed E-state index contributed by atoms with van der Waals surface area (Å²) < 4.78 is 5.95. The second-order valence-corrected chi connectivity index (χ2v) is 5.64. The van der Waals surface area contributed by atoms with Crippen LogP contribution in [0.1, 0.15) is 45.6 Å². The molecule has 2 N–H and O–H groups in total. The molecule has 0 fully saturated rings. The van der Waals surface area contributed by atoms with Crippen molar-refractivity contribution in [2.75, 3.05) is 13.6 Å². The van der Waals surface area contributed by atoms with E-state index in [-0.39, 0.29) is 11.9 Å². The molecule has 118 valence electrons. The van der Waals surface area contributed by atoms with E-state index < -0.39 is 6.10 Å². The monoisotopic (exact) mass is 292 g/mol. The standard InChI is InChI=1S/C17H28N2O2/c1-6-15(17(20)19-11-13(4)18-5)21-16-10-8-7-9-14(16)12(2)3/h7-10,12-13,15,18H,6,11H2,1-5H3,(H,19,20). The Kier molecular flexibility index (Phi) is 7.23. The first-order valence-corrected chi connectivity index (χ1v) is 7.70. The van der Waals surface area contributed by atoms with Crippen molar-refractivity contribution in [3.63, 3.8) is 0 Å². The van der Waals surface area contributed by atoms with Crippen LogP contribution < -0.4 is 15.4 Å². The van der Waals surface area contributed by atoms with Crippen molar-refractivity contribution < 1.29 is 9.53 Å². The van der Waals surface area contributed by atoms with Crippen LogP contribution in [0, 0.1) is 0 Å². The van der Waals surface area contributed by atoms with Crippen LogP contribution >= 0.6 is 0 Å². The Morgan fingerprint density at radius 1 is 1.24 bits per heavy atom. The van der Waals surface area contributed by atoms with Gasteiger partial charge in [-0.15, -0.1) is 0 Å². The summed E-state index contributed by atoms with van der Waals surface area (Å²) >= 11 is 0. The van der Waals surface area contributed by atoms with Gasteiger partial charge in [-0.3, -0.25) is 4.79 Å². The summed E-state index contributed by atoms with van der Waals surface area (Å²) in [4.78, 5) is 12.2. The molecule has 0 aromatic heterocycles. The number of hydrogen-bond acceptors (Lipinski definition) is 3. The second-order valence-electron chi connectivity index (χ2n) is 5.64. The lowest BCUT2D eigenvalue weighted by atomic mass is 10.0. The lowest BCUT2D eigenvalue weighted by Crippen LogP contribution is -2.43. The number of rotatable bonds is 8. The van der Waals surface area contributed by atoms with E-state index in [0.717, 1.165) is 11.3 Å². The molecule has 2 unspecified atom stereocenters. The second kappa shape index (κ2) is 8.67. The molecule has 0 saturated carbocycles. The number of ether oxygens (including phenoxy) is 1. The molecule has 0 aliphatic carbocycles. The number of carbonyl (C=O) groups excluding carboxylic acids is 1. The molecule has 0 aliphatic rings. The van der Waals surface area contributed by atoms with Gasteiger partial charge in [0.05, 0.1) is 0 Å². The Labute approximate surface area is 128 Å². The summed E-state index contributed by atoms with van der Waals surface area (Å²) in [6, 6.07) is 8.16. The summed E-state index contributed by atoms with van der Waals surface area (Å²) in [5.41, 5.74) is 1.13. The van der Waals surface area contributed by atoms with Crippen LogP contribution in [0.15, 0.2) is 24.3 Å². The van der Waals surface area contributed by atoms with Gasteiger partial charge >= 0.3 is 0 Å². The lowest BCUT2D eigenvalue weighted by molar-refractivity contribution is -0.128. The Morgan fingerprint density at radius 3 is 2.48 bits per heavy atom. The zero-order chi connectivity index (χ0) is 15.8. The summed E-state index contributed by atoms with van der Waals surface area (Å²) in [6.45, 7) is 8.83. The minimum Gasteiger partial charge on any atom is -0.480 e. The van der Waals surface area contributed by atoms with Crippen molar-refractivity contribution in [1.29, 1.82) is 0 Å². The number of carbonyl (C=O) groups is 1. The first-order chi connectivity index (χ1) is 9.99. The average molecular weight is 292 g/mol. The fourth-order valence-corrected chi connectivity index (χ4v) is 2.01. The highest BCUT2D eigenvalue weighted by atomic mass is 16.5. The van der Waals surface area contributed by atoms with Gasteiger partial charge < -0.3 is 15.4 Å². The highest BCUT2D eigenvalue weighted by Crippen LogP contribution is 2.27. The van der Waals surface area contributed by atoms with E-state index in [2.05, 4.69) is 24.5 Å². The van der Waals surface area contributed by atoms with Gasteiger partial charge in [0, 0.05) is 12.6 Å². The van der Waals surface area contributed by atoms with E-state index in [9.17, 15) is 4.79 Å². The maximum Gasteiger partial charge on any atom is 0.261 e. The van der Waals surface area contributed by atoms with Crippen LogP contribution in [0.25, 0.3) is 0 Å². The molecule has 2 atom stereocenters. The third-order valence-corrected chi connectivity index (χ3v) is 3.55. The van der Waals surface area contributed by atoms with Gasteiger partial charge in [-0.1, -0.05) is 39.0 Å². The molecule has 1 rings (SSSR count). The third-order valence-electron chi connectivity index (χ3n) is 3.55. The Hall–Kier alpha value is -1.55. The summed E-state index contributed by atoms with van der Waals surface area (Å²) in [7, 11) is 1.88. The van der Waals surface area contributed by atoms with Crippen molar-refractivity contribution in [3.05, 3.63) is 29.8 Å². The molecule has 1 amide bonds. The number of likely N-dealkylation sites (N-methyl/N-ethyl adjacent to an activating group) is 1. The van der Waals surface area contributed by atoms with E-state index in [1.807, 2.05) is 45.2 Å². The van der Waals surface area contributed by atoms with Crippen LogP contribution in [0.2, 0.25) is 0 Å². The van der Waals surface area contributed by atoms with Gasteiger partial charge in [0.1, 0.15) is 5.75 Å². The molecule has 0 radical (unpaired) electrons. The maximum atomic E-state index is 12.2. The molecule has 21 heavy (non-hydrogen) atoms. The largest absolute Gasteiger partial charge is 0.480 e. The van der Waals surface area contributed by atoms with E-state index in [4.69, 9.17) is 4.74 Å². The molecule has 0 heterocycles. The Balaban J connectivity index is 2.72. The third kappa shape index (κ3) is 5.38. The van der Waals surface area contributed by atoms with Crippen LogP contribution in [-0.4, -0.2) is 31.6 Å². The number of hydrogen-bond donors (Lipinski definition) is 2. The minimum atomic E-state index is -0.450. The fourth-order valence-electron chi connectivity index (χ4n) is 2.01. The van der Waals surface area contributed by atoms with Crippen LogP contribution in [-0.2, 0) is 4.79 Å². The minimum absolute atomic E-state index is 0.0573. The fraction of sp³-hybridized carbons (Fsp3) is 0.588. The summed E-state index contributed by atoms with van der Waals surface area (Å²) in [5.74, 6) is 1.11. The molecular weight excluding hydrogens is 264 g/mol. The highest BCUT2D eigenvalue weighted by Gasteiger charge is 2.20. The molecule has 4 heteroatoms. The molecule has 0 bridgehead atoms. The maximum absolute atomic E-state index is 12.2. The molecule has 1 aromatic rings. The van der Waals surface area contributed by atoms with Gasteiger partial charge in [-0.2, -0.15) is 0 Å². The van der Waals surface area contributed by atoms with Gasteiger partial charge in [0.2, 0.25) is 0 Å². The van der Waals surface area contributed by atoms with E-state index >= 15 is 0 Å². The molecule has 1 aromatic carbocycles. The smallest absolute Gasteiger partial charge is 0.261 e. The van der Waals surface area contributed by atoms with E-state index in [1.54, 1.807) is 0 Å². The van der Waals surface area contributed by atoms with Crippen LogP contribution in [0.5, 0.6) is 5.75 Å². The normalized spacial score (nSPS) is 13.8. The Bertz CT molecular complexity index is 446. The highest BCUT2D eigenvalue weighted by molar-refractivity contribution is 5.81. The molecule has 0 aliphatic heterocycles. The predicted octanol–water partition coefficient (Wildman–Crippen LogP) is 2.69. The van der Waals surface area contributed by atoms with Gasteiger partial charge in [-0.05, 0) is 37.9 Å². The first-order valence-electron chi connectivity index (χ1n) is 7.70. The van der Waals surface area contributed by atoms with Gasteiger partial charge in [0.15, 0.2) is 6.10 Å². The SMILES string of the molecule is CCC(Oc1ccccc1C(C)C)C(=O)NCC(C)NC. The van der Waals surface area contributed by atoms with Crippen LogP contribution in [0.4, 0.5) is 0 Å². The predicted molar refractivity (Wildman–Crippen MR) is 86.8 cm³/mol. The molecule has 0 saturated heterocycles. The average Bonchev–Trinajstić information content (AvgIpc) is 2.49. The molecular formula is C17H28N2O2. The quantitative estimate of drug-likeness (QED) is 0.774. The van der Waals surface area contributed by atoms with E-state index in [0.29, 0.717) is 18.9 Å². The lowest BCUT2D eigenvalue weighted by Gasteiger charge is -2.21. The van der Waals surface area contributed by atoms with Crippen molar-refractivity contribution >= 4 is 5.91 Å². The Morgan fingerprint density at radius 2 is 1.90 bits per heavy atom. The van der Waals surface area contributed by atoms with Crippen molar-refractivity contribution in [2.24, 2.45) is 0 Å². The number of nitrogens with one attached hydrogen (secondary N) is 2. The van der Waals surface area contributed by atoms with Crippen molar-refractivity contribution in [3.8, 4) is 5.75 Å². The number of benzene rings is 1. The molecule has 0 spiro atoms. The summed E-state index contributed by atoms with van der Waals surface area (Å²) in [5, 5.41) is 6.02. The number of para-hydroxylation sites is 1. The van der Waals surface area contributed by atoms with Crippen molar-refractivity contribution in [1.82, 2.24) is 10.6 Å².